The second-order valence-corrected chi connectivity index (χ2v) is 2.85. The molecule has 0 rings (SSSR count). The summed E-state index contributed by atoms with van der Waals surface area (Å²) in [6.45, 7) is 6.99. The molecule has 2 N–H and O–H groups in total. The Kier molecular flexibility index (Phi) is 3.02. The van der Waals surface area contributed by atoms with Gasteiger partial charge in [0.25, 0.3) is 0 Å². The maximum absolute atomic E-state index is 8.28. The van der Waals surface area contributed by atoms with Crippen LogP contribution in [0.4, 0.5) is 0 Å². The third-order valence-electron chi connectivity index (χ3n) is 1.51. The zero-order valence-electron chi connectivity index (χ0n) is 5.86. The average Bonchev–Trinajstić information content (AvgIpc) is 1.67. The fourth-order valence-electron chi connectivity index (χ4n) is 0.339. The van der Waals surface area contributed by atoms with Gasteiger partial charge in [0.15, 0.2) is 0 Å². The first-order chi connectivity index (χ1) is 3.62. The van der Waals surface area contributed by atoms with Crippen LogP contribution in [0.15, 0.2) is 0 Å². The number of hydrogen-bond donors (Lipinski definition) is 2. The number of hydroxylamine groups is 1. The normalized spacial score (nSPS) is 12.0. The standard InChI is InChI=1S/C6H15NO/c1-4-6(2,3)5-7-8/h7-8H,4-5H2,1-3H3. The lowest BCUT2D eigenvalue weighted by Gasteiger charge is -2.20. The van der Waals surface area contributed by atoms with E-state index >= 15 is 0 Å². The molecule has 0 saturated heterocycles. The van der Waals surface area contributed by atoms with E-state index in [-0.39, 0.29) is 5.41 Å². The molecular weight excluding hydrogens is 102 g/mol. The predicted octanol–water partition coefficient (Wildman–Crippen LogP) is 1.40. The zero-order chi connectivity index (χ0) is 6.62. The Balaban J connectivity index is 3.37. The lowest BCUT2D eigenvalue weighted by Crippen LogP contribution is -2.25. The fraction of sp³-hybridized carbons (Fsp3) is 1.00. The second kappa shape index (κ2) is 3.05. The van der Waals surface area contributed by atoms with Crippen LogP contribution in [0.2, 0.25) is 0 Å². The van der Waals surface area contributed by atoms with Crippen LogP contribution in [0.3, 0.4) is 0 Å². The first-order valence-corrected chi connectivity index (χ1v) is 2.99. The van der Waals surface area contributed by atoms with Crippen molar-refractivity contribution in [1.29, 1.82) is 0 Å². The van der Waals surface area contributed by atoms with E-state index in [4.69, 9.17) is 5.21 Å². The van der Waals surface area contributed by atoms with Crippen LogP contribution in [0.25, 0.3) is 0 Å². The number of rotatable bonds is 3. The Morgan fingerprint density at radius 3 is 2.12 bits per heavy atom. The zero-order valence-corrected chi connectivity index (χ0v) is 5.86. The van der Waals surface area contributed by atoms with E-state index in [0.29, 0.717) is 6.54 Å². The van der Waals surface area contributed by atoms with Crippen molar-refractivity contribution >= 4 is 0 Å². The number of hydrogen-bond acceptors (Lipinski definition) is 2. The van der Waals surface area contributed by atoms with Crippen LogP contribution in [0.1, 0.15) is 27.2 Å². The lowest BCUT2D eigenvalue weighted by atomic mass is 9.91. The first-order valence-electron chi connectivity index (χ1n) is 2.99. The Morgan fingerprint density at radius 1 is 1.50 bits per heavy atom. The molecule has 0 aromatic heterocycles. The van der Waals surface area contributed by atoms with E-state index in [0.717, 1.165) is 6.42 Å². The van der Waals surface area contributed by atoms with E-state index in [1.54, 1.807) is 0 Å². The molecule has 0 spiro atoms. The van der Waals surface area contributed by atoms with Crippen LogP contribution in [0.5, 0.6) is 0 Å². The molecular formula is C6H15NO. The summed E-state index contributed by atoms with van der Waals surface area (Å²) in [4.78, 5) is 0. The third-order valence-corrected chi connectivity index (χ3v) is 1.51. The van der Waals surface area contributed by atoms with Gasteiger partial charge in [0.1, 0.15) is 0 Å². The topological polar surface area (TPSA) is 32.3 Å². The van der Waals surface area contributed by atoms with Crippen LogP contribution in [0, 0.1) is 5.41 Å². The molecule has 0 aliphatic rings. The Hall–Kier alpha value is -0.0800. The largest absolute Gasteiger partial charge is 0.317 e. The van der Waals surface area contributed by atoms with Gasteiger partial charge in [-0.2, -0.15) is 0 Å². The summed E-state index contributed by atoms with van der Waals surface area (Å²) in [5.41, 5.74) is 2.39. The summed E-state index contributed by atoms with van der Waals surface area (Å²) in [5, 5.41) is 8.28. The molecule has 0 saturated carbocycles. The van der Waals surface area contributed by atoms with Gasteiger partial charge >= 0.3 is 0 Å². The Bertz CT molecular complexity index is 61.5. The maximum atomic E-state index is 8.28. The summed E-state index contributed by atoms with van der Waals surface area (Å²) in [6.07, 6.45) is 1.08. The molecule has 0 aliphatic heterocycles. The summed E-state index contributed by atoms with van der Waals surface area (Å²) in [7, 11) is 0. The third kappa shape index (κ3) is 2.99. The van der Waals surface area contributed by atoms with Gasteiger partial charge in [-0.05, 0) is 11.8 Å². The van der Waals surface area contributed by atoms with E-state index in [1.165, 1.54) is 0 Å². The summed E-state index contributed by atoms with van der Waals surface area (Å²) < 4.78 is 0. The molecule has 0 unspecified atom stereocenters. The quantitative estimate of drug-likeness (QED) is 0.548. The minimum atomic E-state index is 0.231. The van der Waals surface area contributed by atoms with E-state index < -0.39 is 0 Å². The predicted molar refractivity (Wildman–Crippen MR) is 33.9 cm³/mol. The van der Waals surface area contributed by atoms with Gasteiger partial charge in [0.05, 0.1) is 0 Å². The van der Waals surface area contributed by atoms with Crippen molar-refractivity contribution in [2.45, 2.75) is 27.2 Å². The van der Waals surface area contributed by atoms with Crippen molar-refractivity contribution in [3.05, 3.63) is 0 Å². The van der Waals surface area contributed by atoms with Gasteiger partial charge in [-0.1, -0.05) is 20.8 Å². The van der Waals surface area contributed by atoms with Gasteiger partial charge in [0, 0.05) is 6.54 Å². The van der Waals surface area contributed by atoms with Gasteiger partial charge in [-0.3, -0.25) is 0 Å². The van der Waals surface area contributed by atoms with Crippen LogP contribution < -0.4 is 5.48 Å². The van der Waals surface area contributed by atoms with E-state index in [9.17, 15) is 0 Å². The monoisotopic (exact) mass is 117 g/mol. The molecule has 0 atom stereocenters. The van der Waals surface area contributed by atoms with Crippen LogP contribution in [-0.2, 0) is 0 Å². The molecule has 0 aromatic carbocycles. The molecule has 0 aliphatic carbocycles. The highest BCUT2D eigenvalue weighted by atomic mass is 16.5. The molecule has 2 nitrogen and oxygen atoms in total. The molecule has 0 amide bonds. The molecule has 0 heterocycles. The highest BCUT2D eigenvalue weighted by Crippen LogP contribution is 2.16. The van der Waals surface area contributed by atoms with Crippen molar-refractivity contribution in [2.75, 3.05) is 6.54 Å². The maximum Gasteiger partial charge on any atom is 0.0258 e. The average molecular weight is 117 g/mol. The smallest absolute Gasteiger partial charge is 0.0258 e. The number of nitrogens with one attached hydrogen (secondary N) is 1. The van der Waals surface area contributed by atoms with Crippen molar-refractivity contribution in [1.82, 2.24) is 5.48 Å². The summed E-state index contributed by atoms with van der Waals surface area (Å²) in [6, 6.07) is 0. The minimum Gasteiger partial charge on any atom is -0.317 e. The van der Waals surface area contributed by atoms with Gasteiger partial charge < -0.3 is 5.21 Å². The van der Waals surface area contributed by atoms with Crippen molar-refractivity contribution < 1.29 is 5.21 Å². The second-order valence-electron chi connectivity index (χ2n) is 2.85. The van der Waals surface area contributed by atoms with Gasteiger partial charge in [-0.15, -0.1) is 0 Å². The molecule has 0 bridgehead atoms. The lowest BCUT2D eigenvalue weighted by molar-refractivity contribution is 0.122. The van der Waals surface area contributed by atoms with Crippen molar-refractivity contribution in [3.8, 4) is 0 Å². The summed E-state index contributed by atoms with van der Waals surface area (Å²) in [5.74, 6) is 0. The Labute approximate surface area is 50.9 Å². The fourth-order valence-corrected chi connectivity index (χ4v) is 0.339. The molecule has 0 fully saturated rings. The van der Waals surface area contributed by atoms with Gasteiger partial charge in [-0.25, -0.2) is 5.48 Å². The van der Waals surface area contributed by atoms with Crippen molar-refractivity contribution in [3.63, 3.8) is 0 Å². The molecule has 8 heavy (non-hydrogen) atoms. The van der Waals surface area contributed by atoms with Crippen LogP contribution in [-0.4, -0.2) is 11.8 Å². The Morgan fingerprint density at radius 2 is 2.00 bits per heavy atom. The molecule has 0 aromatic rings. The van der Waals surface area contributed by atoms with Crippen molar-refractivity contribution in [2.24, 2.45) is 5.41 Å². The SMILES string of the molecule is CCC(C)(C)CNO. The highest BCUT2D eigenvalue weighted by molar-refractivity contribution is 4.65. The molecule has 0 radical (unpaired) electrons. The molecule has 2 heteroatoms. The van der Waals surface area contributed by atoms with Gasteiger partial charge in [0.2, 0.25) is 0 Å². The summed E-state index contributed by atoms with van der Waals surface area (Å²) >= 11 is 0. The first kappa shape index (κ1) is 7.92. The van der Waals surface area contributed by atoms with E-state index in [2.05, 4.69) is 26.3 Å². The highest BCUT2D eigenvalue weighted by Gasteiger charge is 2.12. The minimum absolute atomic E-state index is 0.231. The van der Waals surface area contributed by atoms with Crippen LogP contribution >= 0.6 is 0 Å². The molecule has 50 valence electrons. The van der Waals surface area contributed by atoms with E-state index in [1.807, 2.05) is 0 Å².